The molecular weight excluding hydrogens is 130 g/mol. The third-order valence-electron chi connectivity index (χ3n) is 2.07. The van der Waals surface area contributed by atoms with Crippen molar-refractivity contribution in [3.8, 4) is 0 Å². The van der Waals surface area contributed by atoms with E-state index in [2.05, 4.69) is 0 Å². The number of fused-ring (bicyclic) bond motifs is 1. The second-order valence-electron chi connectivity index (χ2n) is 2.81. The number of carbonyl (C=O) groups excluding carboxylic acids is 1. The highest BCUT2D eigenvalue weighted by atomic mass is 16.3. The number of aliphatic hydroxyl groups excluding tert-OH is 1. The molecule has 10 heavy (non-hydrogen) atoms. The number of nitrogens with zero attached hydrogens (tertiary/aromatic N) is 1. The van der Waals surface area contributed by atoms with Gasteiger partial charge >= 0.3 is 0 Å². The van der Waals surface area contributed by atoms with Crippen molar-refractivity contribution in [3.63, 3.8) is 0 Å². The van der Waals surface area contributed by atoms with E-state index in [1.54, 1.807) is 11.0 Å². The maximum absolute atomic E-state index is 10.9. The van der Waals surface area contributed by atoms with Crippen molar-refractivity contribution in [3.05, 3.63) is 12.2 Å². The quantitative estimate of drug-likeness (QED) is 0.492. The summed E-state index contributed by atoms with van der Waals surface area (Å²) in [6.07, 6.45) is 3.84. The first-order valence-electron chi connectivity index (χ1n) is 3.44. The minimum absolute atomic E-state index is 0.0431. The van der Waals surface area contributed by atoms with Crippen LogP contribution in [0.3, 0.4) is 0 Å². The Morgan fingerprint density at radius 2 is 2.50 bits per heavy atom. The van der Waals surface area contributed by atoms with Crippen LogP contribution in [0.4, 0.5) is 0 Å². The van der Waals surface area contributed by atoms with E-state index < -0.39 is 0 Å². The highest BCUT2D eigenvalue weighted by molar-refractivity contribution is 5.91. The van der Waals surface area contributed by atoms with Crippen LogP contribution in [-0.4, -0.2) is 34.6 Å². The highest BCUT2D eigenvalue weighted by Gasteiger charge is 2.34. The average Bonchev–Trinajstić information content (AvgIpc) is 2.35. The second kappa shape index (κ2) is 1.83. The first-order valence-corrected chi connectivity index (χ1v) is 3.44. The van der Waals surface area contributed by atoms with Gasteiger partial charge in [0.05, 0.1) is 12.1 Å². The Morgan fingerprint density at radius 1 is 1.70 bits per heavy atom. The molecule has 3 nitrogen and oxygen atoms in total. The molecule has 2 atom stereocenters. The van der Waals surface area contributed by atoms with E-state index in [9.17, 15) is 4.79 Å². The minimum Gasteiger partial charge on any atom is -0.391 e. The first kappa shape index (κ1) is 5.92. The molecule has 0 aromatic heterocycles. The molecule has 2 aliphatic rings. The Labute approximate surface area is 58.9 Å². The molecule has 1 saturated heterocycles. The largest absolute Gasteiger partial charge is 0.391 e. The van der Waals surface area contributed by atoms with Crippen molar-refractivity contribution >= 4 is 5.91 Å². The lowest BCUT2D eigenvalue weighted by Crippen LogP contribution is -2.28. The van der Waals surface area contributed by atoms with Crippen LogP contribution in [0.2, 0.25) is 0 Å². The number of aliphatic hydroxyl groups is 1. The van der Waals surface area contributed by atoms with Crippen LogP contribution in [0.1, 0.15) is 6.42 Å². The monoisotopic (exact) mass is 139 g/mol. The molecule has 0 aromatic rings. The molecule has 0 aliphatic carbocycles. The molecule has 3 heteroatoms. The number of rotatable bonds is 0. The van der Waals surface area contributed by atoms with E-state index in [4.69, 9.17) is 5.11 Å². The van der Waals surface area contributed by atoms with Gasteiger partial charge in [-0.25, -0.2) is 0 Å². The molecule has 1 amide bonds. The van der Waals surface area contributed by atoms with Crippen molar-refractivity contribution < 1.29 is 9.90 Å². The van der Waals surface area contributed by atoms with Gasteiger partial charge in [0.25, 0.3) is 0 Å². The van der Waals surface area contributed by atoms with Crippen molar-refractivity contribution in [2.45, 2.75) is 18.6 Å². The van der Waals surface area contributed by atoms with Crippen molar-refractivity contribution in [1.29, 1.82) is 0 Å². The lowest BCUT2D eigenvalue weighted by atomic mass is 10.2. The van der Waals surface area contributed by atoms with Gasteiger partial charge in [-0.2, -0.15) is 0 Å². The van der Waals surface area contributed by atoms with E-state index in [0.29, 0.717) is 13.0 Å². The molecular formula is C7H9NO2. The third-order valence-corrected chi connectivity index (χ3v) is 2.07. The SMILES string of the molecule is O=C1C=CC2CC(O)CN12. The molecule has 54 valence electrons. The summed E-state index contributed by atoms with van der Waals surface area (Å²) in [7, 11) is 0. The summed E-state index contributed by atoms with van der Waals surface area (Å²) < 4.78 is 0. The number of hydrogen-bond donors (Lipinski definition) is 1. The van der Waals surface area contributed by atoms with Crippen LogP contribution in [-0.2, 0) is 4.79 Å². The summed E-state index contributed by atoms with van der Waals surface area (Å²) in [4.78, 5) is 12.6. The Kier molecular flexibility index (Phi) is 1.08. The van der Waals surface area contributed by atoms with Crippen LogP contribution in [0.15, 0.2) is 12.2 Å². The van der Waals surface area contributed by atoms with Gasteiger partial charge in [0.1, 0.15) is 0 Å². The Balaban J connectivity index is 2.19. The fourth-order valence-electron chi connectivity index (χ4n) is 1.57. The summed E-state index contributed by atoms with van der Waals surface area (Å²) in [5, 5.41) is 9.12. The van der Waals surface area contributed by atoms with Gasteiger partial charge in [-0.15, -0.1) is 0 Å². The Bertz CT molecular complexity index is 200. The average molecular weight is 139 g/mol. The fraction of sp³-hybridized carbons (Fsp3) is 0.571. The van der Waals surface area contributed by atoms with Gasteiger partial charge in [0.2, 0.25) is 5.91 Å². The minimum atomic E-state index is -0.307. The van der Waals surface area contributed by atoms with Gasteiger partial charge in [0, 0.05) is 12.6 Å². The lowest BCUT2D eigenvalue weighted by molar-refractivity contribution is -0.125. The Hall–Kier alpha value is -0.830. The molecule has 0 radical (unpaired) electrons. The highest BCUT2D eigenvalue weighted by Crippen LogP contribution is 2.23. The van der Waals surface area contributed by atoms with E-state index in [1.807, 2.05) is 6.08 Å². The molecule has 0 bridgehead atoms. The molecule has 2 aliphatic heterocycles. The lowest BCUT2D eigenvalue weighted by Gasteiger charge is -2.13. The van der Waals surface area contributed by atoms with E-state index in [0.717, 1.165) is 0 Å². The first-order chi connectivity index (χ1) is 4.77. The third kappa shape index (κ3) is 0.671. The van der Waals surface area contributed by atoms with Crippen LogP contribution >= 0.6 is 0 Å². The van der Waals surface area contributed by atoms with E-state index in [-0.39, 0.29) is 18.1 Å². The van der Waals surface area contributed by atoms with Crippen LogP contribution in [0.25, 0.3) is 0 Å². The molecule has 0 aromatic carbocycles. The van der Waals surface area contributed by atoms with Crippen molar-refractivity contribution in [2.24, 2.45) is 0 Å². The van der Waals surface area contributed by atoms with Gasteiger partial charge in [0.15, 0.2) is 0 Å². The second-order valence-corrected chi connectivity index (χ2v) is 2.81. The van der Waals surface area contributed by atoms with Gasteiger partial charge in [-0.05, 0) is 6.42 Å². The van der Waals surface area contributed by atoms with Crippen LogP contribution in [0.5, 0.6) is 0 Å². The number of carbonyl (C=O) groups is 1. The molecule has 1 fully saturated rings. The molecule has 1 N–H and O–H groups in total. The maximum Gasteiger partial charge on any atom is 0.246 e. The standard InChI is InChI=1S/C7H9NO2/c9-6-3-5-1-2-7(10)8(5)4-6/h1-2,5-6,9H,3-4H2. The summed E-state index contributed by atoms with van der Waals surface area (Å²) in [6, 6.07) is 0.183. The number of amides is 1. The van der Waals surface area contributed by atoms with Crippen LogP contribution < -0.4 is 0 Å². The summed E-state index contributed by atoms with van der Waals surface area (Å²) in [6.45, 7) is 0.510. The predicted octanol–water partition coefficient (Wildman–Crippen LogP) is -0.482. The normalized spacial score (nSPS) is 37.3. The van der Waals surface area contributed by atoms with Gasteiger partial charge in [-0.1, -0.05) is 6.08 Å². The summed E-state index contributed by atoms with van der Waals surface area (Å²) in [5.74, 6) is 0.0431. The summed E-state index contributed by atoms with van der Waals surface area (Å²) in [5.41, 5.74) is 0. The predicted molar refractivity (Wildman–Crippen MR) is 35.3 cm³/mol. The zero-order chi connectivity index (χ0) is 7.14. The van der Waals surface area contributed by atoms with Crippen molar-refractivity contribution in [2.75, 3.05) is 6.54 Å². The smallest absolute Gasteiger partial charge is 0.246 e. The zero-order valence-corrected chi connectivity index (χ0v) is 5.53. The molecule has 2 heterocycles. The van der Waals surface area contributed by atoms with Gasteiger partial charge in [-0.3, -0.25) is 4.79 Å². The molecule has 0 spiro atoms. The fourth-order valence-corrected chi connectivity index (χ4v) is 1.57. The van der Waals surface area contributed by atoms with Crippen LogP contribution in [0, 0.1) is 0 Å². The van der Waals surface area contributed by atoms with E-state index in [1.165, 1.54) is 0 Å². The molecule has 0 saturated carbocycles. The van der Waals surface area contributed by atoms with Gasteiger partial charge < -0.3 is 10.0 Å². The number of hydrogen-bond acceptors (Lipinski definition) is 2. The molecule has 2 unspecified atom stereocenters. The molecule has 2 rings (SSSR count). The van der Waals surface area contributed by atoms with Crippen molar-refractivity contribution in [1.82, 2.24) is 4.90 Å². The maximum atomic E-state index is 10.9. The topological polar surface area (TPSA) is 40.5 Å². The summed E-state index contributed by atoms with van der Waals surface area (Å²) >= 11 is 0. The van der Waals surface area contributed by atoms with E-state index >= 15 is 0 Å². The zero-order valence-electron chi connectivity index (χ0n) is 5.53. The Morgan fingerprint density at radius 3 is 3.20 bits per heavy atom.